The van der Waals surface area contributed by atoms with Crippen LogP contribution >= 0.6 is 11.8 Å². The molecule has 3 aromatic rings. The predicted octanol–water partition coefficient (Wildman–Crippen LogP) is 5.76. The molecule has 0 fully saturated rings. The first-order valence-electron chi connectivity index (χ1n) is 9.06. The number of halogens is 1. The van der Waals surface area contributed by atoms with E-state index in [1.54, 1.807) is 23.9 Å². The van der Waals surface area contributed by atoms with Crippen LogP contribution in [0.1, 0.15) is 17.5 Å². The van der Waals surface area contributed by atoms with Crippen LogP contribution in [0.2, 0.25) is 0 Å². The summed E-state index contributed by atoms with van der Waals surface area (Å²) in [6.45, 7) is 1.96. The molecule has 1 unspecified atom stereocenters. The summed E-state index contributed by atoms with van der Waals surface area (Å²) in [6.07, 6.45) is 0.281. The van der Waals surface area contributed by atoms with Crippen molar-refractivity contribution in [3.05, 3.63) is 89.7 Å². The number of aryl methyl sites for hydroxylation is 1. The quantitative estimate of drug-likeness (QED) is 0.615. The molecular weight excluding hydrogens is 371 g/mol. The topological polar surface area (TPSA) is 41.5 Å². The normalized spacial score (nSPS) is 15.5. The van der Waals surface area contributed by atoms with Crippen molar-refractivity contribution in [2.45, 2.75) is 23.5 Å². The number of para-hydroxylation sites is 2. The van der Waals surface area contributed by atoms with E-state index in [0.717, 1.165) is 33.1 Å². The summed E-state index contributed by atoms with van der Waals surface area (Å²) in [5.41, 5.74) is 4.34. The molecule has 0 saturated carbocycles. The van der Waals surface area contributed by atoms with E-state index in [0.29, 0.717) is 0 Å². The third-order valence-electron chi connectivity index (χ3n) is 4.61. The standard InChI is InChI=1S/C23H19FN2OS/c1-15-6-2-3-7-18(15)25-22(27)14-21-23(16-10-12-17(24)13-11-16)26-19-8-4-5-9-20(19)28-21/h2-13,21H,14H2,1H3,(H,25,27). The molecule has 0 bridgehead atoms. The largest absolute Gasteiger partial charge is 0.326 e. The maximum Gasteiger partial charge on any atom is 0.225 e. The zero-order valence-corrected chi connectivity index (χ0v) is 16.2. The molecule has 3 aromatic carbocycles. The van der Waals surface area contributed by atoms with Crippen LogP contribution in [0.4, 0.5) is 15.8 Å². The Morgan fingerprint density at radius 1 is 1.04 bits per heavy atom. The summed E-state index contributed by atoms with van der Waals surface area (Å²) in [5, 5.41) is 2.85. The monoisotopic (exact) mass is 390 g/mol. The fourth-order valence-corrected chi connectivity index (χ4v) is 4.39. The van der Waals surface area contributed by atoms with Gasteiger partial charge in [0.1, 0.15) is 5.82 Å². The van der Waals surface area contributed by atoms with Gasteiger partial charge >= 0.3 is 0 Å². The Bertz CT molecular complexity index is 1050. The molecule has 0 radical (unpaired) electrons. The lowest BCUT2D eigenvalue weighted by Gasteiger charge is -2.24. The van der Waals surface area contributed by atoms with E-state index in [2.05, 4.69) is 5.32 Å². The van der Waals surface area contributed by atoms with Crippen molar-refractivity contribution in [3.8, 4) is 0 Å². The molecule has 1 N–H and O–H groups in total. The summed E-state index contributed by atoms with van der Waals surface area (Å²) in [5.74, 6) is -0.358. The highest BCUT2D eigenvalue weighted by atomic mass is 32.2. The summed E-state index contributed by atoms with van der Waals surface area (Å²) in [7, 11) is 0. The number of nitrogens with one attached hydrogen (secondary N) is 1. The number of aliphatic imine (C=N–C) groups is 1. The lowest BCUT2D eigenvalue weighted by atomic mass is 10.0. The molecule has 1 amide bonds. The van der Waals surface area contributed by atoms with Gasteiger partial charge in [-0.3, -0.25) is 9.79 Å². The van der Waals surface area contributed by atoms with Crippen molar-refractivity contribution in [3.63, 3.8) is 0 Å². The molecule has 4 rings (SSSR count). The van der Waals surface area contributed by atoms with Crippen molar-refractivity contribution in [2.75, 3.05) is 5.32 Å². The molecule has 1 heterocycles. The second kappa shape index (κ2) is 7.98. The van der Waals surface area contributed by atoms with Gasteiger partial charge in [-0.25, -0.2) is 4.39 Å². The van der Waals surface area contributed by atoms with Crippen LogP contribution < -0.4 is 5.32 Å². The zero-order chi connectivity index (χ0) is 19.5. The van der Waals surface area contributed by atoms with E-state index in [1.165, 1.54) is 12.1 Å². The maximum absolute atomic E-state index is 13.4. The first-order chi connectivity index (χ1) is 13.6. The highest BCUT2D eigenvalue weighted by Crippen LogP contribution is 2.40. The summed E-state index contributed by atoms with van der Waals surface area (Å²) in [6, 6.07) is 21.9. The van der Waals surface area contributed by atoms with Crippen LogP contribution in [0.3, 0.4) is 0 Å². The van der Waals surface area contributed by atoms with Crippen LogP contribution in [0.5, 0.6) is 0 Å². The van der Waals surface area contributed by atoms with Crippen LogP contribution in [0.15, 0.2) is 82.7 Å². The van der Waals surface area contributed by atoms with Crippen molar-refractivity contribution in [2.24, 2.45) is 4.99 Å². The molecule has 0 spiro atoms. The number of carbonyl (C=O) groups excluding carboxylic acids is 1. The lowest BCUT2D eigenvalue weighted by molar-refractivity contribution is -0.116. The third kappa shape index (κ3) is 3.99. The number of benzene rings is 3. The number of hydrogen-bond donors (Lipinski definition) is 1. The van der Waals surface area contributed by atoms with E-state index in [1.807, 2.05) is 55.5 Å². The third-order valence-corrected chi connectivity index (χ3v) is 5.88. The first kappa shape index (κ1) is 18.4. The van der Waals surface area contributed by atoms with Gasteiger partial charge in [-0.2, -0.15) is 0 Å². The predicted molar refractivity (Wildman–Crippen MR) is 113 cm³/mol. The number of fused-ring (bicyclic) bond motifs is 1. The van der Waals surface area contributed by atoms with Gasteiger partial charge in [-0.1, -0.05) is 42.5 Å². The van der Waals surface area contributed by atoms with Gasteiger partial charge in [-0.05, 0) is 48.4 Å². The molecule has 1 atom stereocenters. The van der Waals surface area contributed by atoms with Crippen LogP contribution in [-0.2, 0) is 4.79 Å². The Labute approximate surface area is 167 Å². The highest BCUT2D eigenvalue weighted by Gasteiger charge is 2.27. The van der Waals surface area contributed by atoms with Gasteiger partial charge in [0.2, 0.25) is 5.91 Å². The van der Waals surface area contributed by atoms with E-state index in [9.17, 15) is 9.18 Å². The fourth-order valence-electron chi connectivity index (χ4n) is 3.15. The van der Waals surface area contributed by atoms with Crippen molar-refractivity contribution >= 4 is 34.8 Å². The Hall–Kier alpha value is -2.92. The molecule has 1 aliphatic heterocycles. The van der Waals surface area contributed by atoms with Crippen LogP contribution in [0, 0.1) is 12.7 Å². The minimum atomic E-state index is -0.290. The van der Waals surface area contributed by atoms with E-state index >= 15 is 0 Å². The molecule has 140 valence electrons. The molecule has 0 aliphatic carbocycles. The number of rotatable bonds is 4. The average molecular weight is 390 g/mol. The number of thioether (sulfide) groups is 1. The fraction of sp³-hybridized carbons (Fsp3) is 0.130. The van der Waals surface area contributed by atoms with Gasteiger partial charge in [-0.15, -0.1) is 11.8 Å². The lowest BCUT2D eigenvalue weighted by Crippen LogP contribution is -2.27. The van der Waals surface area contributed by atoms with Crippen LogP contribution in [0.25, 0.3) is 0 Å². The molecule has 0 aromatic heterocycles. The number of nitrogens with zero attached hydrogens (tertiary/aromatic N) is 1. The second-order valence-electron chi connectivity index (χ2n) is 6.65. The zero-order valence-electron chi connectivity index (χ0n) is 15.4. The van der Waals surface area contributed by atoms with E-state index < -0.39 is 0 Å². The van der Waals surface area contributed by atoms with Gasteiger partial charge in [0.25, 0.3) is 0 Å². The van der Waals surface area contributed by atoms with E-state index in [4.69, 9.17) is 4.99 Å². The number of hydrogen-bond acceptors (Lipinski definition) is 3. The Morgan fingerprint density at radius 3 is 2.54 bits per heavy atom. The van der Waals surface area contributed by atoms with Crippen molar-refractivity contribution < 1.29 is 9.18 Å². The number of carbonyl (C=O) groups is 1. The Morgan fingerprint density at radius 2 is 1.75 bits per heavy atom. The molecule has 5 heteroatoms. The van der Waals surface area contributed by atoms with E-state index in [-0.39, 0.29) is 23.4 Å². The van der Waals surface area contributed by atoms with Gasteiger partial charge < -0.3 is 5.32 Å². The molecule has 0 saturated heterocycles. The average Bonchev–Trinajstić information content (AvgIpc) is 2.70. The van der Waals surface area contributed by atoms with Gasteiger partial charge in [0, 0.05) is 17.0 Å². The SMILES string of the molecule is Cc1ccccc1NC(=O)CC1Sc2ccccc2N=C1c1ccc(F)cc1. The molecule has 28 heavy (non-hydrogen) atoms. The Kier molecular flexibility index (Phi) is 5.26. The first-order valence-corrected chi connectivity index (χ1v) is 9.94. The van der Waals surface area contributed by atoms with Crippen LogP contribution in [-0.4, -0.2) is 16.9 Å². The molecule has 1 aliphatic rings. The van der Waals surface area contributed by atoms with Gasteiger partial charge in [0.05, 0.1) is 16.6 Å². The summed E-state index contributed by atoms with van der Waals surface area (Å²) >= 11 is 1.62. The number of anilines is 1. The smallest absolute Gasteiger partial charge is 0.225 e. The maximum atomic E-state index is 13.4. The van der Waals surface area contributed by atoms with Gasteiger partial charge in [0.15, 0.2) is 0 Å². The van der Waals surface area contributed by atoms with Crippen molar-refractivity contribution in [1.82, 2.24) is 0 Å². The highest BCUT2D eigenvalue weighted by molar-refractivity contribution is 8.01. The molecular formula is C23H19FN2OS. The minimum absolute atomic E-state index is 0.0685. The molecule has 3 nitrogen and oxygen atoms in total. The summed E-state index contributed by atoms with van der Waals surface area (Å²) < 4.78 is 13.4. The Balaban J connectivity index is 1.61. The second-order valence-corrected chi connectivity index (χ2v) is 7.89. The van der Waals surface area contributed by atoms with Crippen molar-refractivity contribution in [1.29, 1.82) is 0 Å². The summed E-state index contributed by atoms with van der Waals surface area (Å²) in [4.78, 5) is 18.6. The minimum Gasteiger partial charge on any atom is -0.326 e. The number of amides is 1.